The van der Waals surface area contributed by atoms with Crippen LogP contribution in [0.4, 0.5) is 5.69 Å². The van der Waals surface area contributed by atoms with Gasteiger partial charge in [0.25, 0.3) is 0 Å². The molecule has 206 valence electrons. The van der Waals surface area contributed by atoms with Gasteiger partial charge in [0, 0.05) is 10.7 Å². The molecule has 40 heavy (non-hydrogen) atoms. The second-order valence-corrected chi connectivity index (χ2v) is 10.5. The number of hydrogen-bond donors (Lipinski definition) is 1. The summed E-state index contributed by atoms with van der Waals surface area (Å²) < 4.78 is 16.9. The first kappa shape index (κ1) is 27.6. The highest BCUT2D eigenvalue weighted by Gasteiger charge is 2.36. The highest BCUT2D eigenvalue weighted by atomic mass is 35.5. The summed E-state index contributed by atoms with van der Waals surface area (Å²) in [5.41, 5.74) is 4.97. The smallest absolute Gasteiger partial charge is 0.232 e. The Labute approximate surface area is 239 Å². The molecule has 0 saturated heterocycles. The number of benzene rings is 4. The Morgan fingerprint density at radius 1 is 0.850 bits per heavy atom. The number of anilines is 1. The van der Waals surface area contributed by atoms with E-state index in [-0.39, 0.29) is 18.4 Å². The number of methoxy groups -OCH3 is 2. The lowest BCUT2D eigenvalue weighted by Crippen LogP contribution is -2.41. The van der Waals surface area contributed by atoms with Crippen LogP contribution in [-0.2, 0) is 11.2 Å². The summed E-state index contributed by atoms with van der Waals surface area (Å²) in [5.74, 6) is 1.90. The van der Waals surface area contributed by atoms with Gasteiger partial charge in [0.2, 0.25) is 5.91 Å². The van der Waals surface area contributed by atoms with Gasteiger partial charge < -0.3 is 24.2 Å². The Morgan fingerprint density at radius 3 is 2.05 bits per heavy atom. The number of fused-ring (bicyclic) bond motifs is 1. The molecule has 1 aliphatic rings. The maximum Gasteiger partial charge on any atom is 0.232 e. The standard InChI is InChI=1S/C33H32ClNO5/c1-20(2)40-30-19-28-24(17-29(30)39-4)18-31(36)35(32(28)21-5-11-25(34)12-6-21)26-13-7-22(8-14-26)33(37)23-9-15-27(38-3)16-10-23/h5-17,19-20,32-33,37H,18H2,1-4H3. The number of carbonyl (C=O) groups excluding carboxylic acids is 1. The number of hydrogen-bond acceptors (Lipinski definition) is 5. The Hall–Kier alpha value is -4.00. The summed E-state index contributed by atoms with van der Waals surface area (Å²) in [6.07, 6.45) is -0.645. The zero-order valence-corrected chi connectivity index (χ0v) is 23.7. The van der Waals surface area contributed by atoms with Crippen molar-refractivity contribution in [3.05, 3.63) is 118 Å². The molecule has 0 saturated carbocycles. The predicted octanol–water partition coefficient (Wildman–Crippen LogP) is 6.90. The molecule has 5 rings (SSSR count). The maximum atomic E-state index is 13.7. The van der Waals surface area contributed by atoms with Crippen molar-refractivity contribution in [2.45, 2.75) is 38.5 Å². The first-order chi connectivity index (χ1) is 19.3. The zero-order chi connectivity index (χ0) is 28.4. The molecule has 2 atom stereocenters. The molecule has 1 amide bonds. The third-order valence-electron chi connectivity index (χ3n) is 7.06. The largest absolute Gasteiger partial charge is 0.497 e. The molecule has 4 aromatic rings. The second-order valence-electron chi connectivity index (χ2n) is 10.0. The van der Waals surface area contributed by atoms with Gasteiger partial charge in [-0.25, -0.2) is 0 Å². The number of amides is 1. The topological polar surface area (TPSA) is 68.2 Å². The Bertz CT molecular complexity index is 1480. The van der Waals surface area contributed by atoms with Crippen molar-refractivity contribution in [2.24, 2.45) is 0 Å². The summed E-state index contributed by atoms with van der Waals surface area (Å²) in [5, 5.41) is 11.6. The molecule has 0 aliphatic carbocycles. The lowest BCUT2D eigenvalue weighted by Gasteiger charge is -2.38. The minimum absolute atomic E-state index is 0.0458. The molecule has 1 N–H and O–H groups in total. The zero-order valence-electron chi connectivity index (χ0n) is 22.9. The fraction of sp³-hybridized carbons (Fsp3) is 0.242. The molecule has 6 nitrogen and oxygen atoms in total. The average Bonchev–Trinajstić information content (AvgIpc) is 2.96. The van der Waals surface area contributed by atoms with Crippen molar-refractivity contribution in [3.8, 4) is 17.2 Å². The Balaban J connectivity index is 1.56. The van der Waals surface area contributed by atoms with E-state index in [0.717, 1.165) is 39.3 Å². The van der Waals surface area contributed by atoms with Crippen LogP contribution in [-0.4, -0.2) is 31.3 Å². The van der Waals surface area contributed by atoms with Crippen LogP contribution in [0.5, 0.6) is 17.2 Å². The molecule has 7 heteroatoms. The fourth-order valence-corrected chi connectivity index (χ4v) is 5.25. The van der Waals surface area contributed by atoms with Gasteiger partial charge in [-0.05, 0) is 90.2 Å². The third-order valence-corrected chi connectivity index (χ3v) is 7.31. The van der Waals surface area contributed by atoms with Gasteiger partial charge in [-0.3, -0.25) is 4.79 Å². The average molecular weight is 558 g/mol. The van der Waals surface area contributed by atoms with Crippen molar-refractivity contribution < 1.29 is 24.1 Å². The van der Waals surface area contributed by atoms with Crippen molar-refractivity contribution in [1.82, 2.24) is 0 Å². The van der Waals surface area contributed by atoms with Gasteiger partial charge in [0.15, 0.2) is 11.5 Å². The molecule has 0 fully saturated rings. The van der Waals surface area contributed by atoms with E-state index < -0.39 is 12.1 Å². The molecular formula is C33H32ClNO5. The van der Waals surface area contributed by atoms with E-state index in [2.05, 4.69) is 0 Å². The molecule has 2 unspecified atom stereocenters. The third kappa shape index (κ3) is 5.51. The van der Waals surface area contributed by atoms with Crippen LogP contribution in [0.1, 0.15) is 53.8 Å². The fourth-order valence-electron chi connectivity index (χ4n) is 5.12. The van der Waals surface area contributed by atoms with E-state index in [4.69, 9.17) is 25.8 Å². The molecule has 0 spiro atoms. The van der Waals surface area contributed by atoms with Gasteiger partial charge in [0.05, 0.1) is 32.8 Å². The molecular weight excluding hydrogens is 526 g/mol. The quantitative estimate of drug-likeness (QED) is 0.255. The number of aliphatic hydroxyl groups excluding tert-OH is 1. The molecule has 4 aromatic carbocycles. The molecule has 0 radical (unpaired) electrons. The minimum atomic E-state index is -0.812. The summed E-state index contributed by atoms with van der Waals surface area (Å²) in [7, 11) is 3.21. The normalized spacial score (nSPS) is 15.5. The van der Waals surface area contributed by atoms with Crippen molar-refractivity contribution in [2.75, 3.05) is 19.1 Å². The van der Waals surface area contributed by atoms with Crippen LogP contribution in [0.2, 0.25) is 5.02 Å². The summed E-state index contributed by atoms with van der Waals surface area (Å²) in [6, 6.07) is 25.8. The van der Waals surface area contributed by atoms with Crippen molar-refractivity contribution in [3.63, 3.8) is 0 Å². The summed E-state index contributed by atoms with van der Waals surface area (Å²) >= 11 is 6.22. The van der Waals surface area contributed by atoms with Crippen LogP contribution < -0.4 is 19.1 Å². The van der Waals surface area contributed by atoms with Crippen LogP contribution >= 0.6 is 11.6 Å². The van der Waals surface area contributed by atoms with Gasteiger partial charge in [0.1, 0.15) is 11.9 Å². The SMILES string of the molecule is COc1ccc(C(O)c2ccc(N3C(=O)Cc4cc(OC)c(OC(C)C)cc4C3c3ccc(Cl)cc3)cc2)cc1. The number of rotatable bonds is 8. The predicted molar refractivity (Wildman–Crippen MR) is 157 cm³/mol. The number of carbonyl (C=O) groups is 1. The van der Waals surface area contributed by atoms with Gasteiger partial charge >= 0.3 is 0 Å². The number of aliphatic hydroxyl groups is 1. The molecule has 1 heterocycles. The van der Waals surface area contributed by atoms with Crippen LogP contribution in [0.15, 0.2) is 84.9 Å². The van der Waals surface area contributed by atoms with E-state index in [0.29, 0.717) is 16.5 Å². The second kappa shape index (κ2) is 11.6. The van der Waals surface area contributed by atoms with Crippen molar-refractivity contribution in [1.29, 1.82) is 0 Å². The number of halogens is 1. The monoisotopic (exact) mass is 557 g/mol. The van der Waals surface area contributed by atoms with Gasteiger partial charge in [-0.15, -0.1) is 0 Å². The van der Waals surface area contributed by atoms with Crippen molar-refractivity contribution >= 4 is 23.2 Å². The molecule has 0 bridgehead atoms. The highest BCUT2D eigenvalue weighted by molar-refractivity contribution is 6.30. The van der Waals surface area contributed by atoms with Gasteiger partial charge in [-0.1, -0.05) is 48.0 Å². The van der Waals surface area contributed by atoms with E-state index in [1.54, 1.807) is 19.1 Å². The highest BCUT2D eigenvalue weighted by Crippen LogP contribution is 2.44. The maximum absolute atomic E-state index is 13.7. The number of ether oxygens (including phenoxy) is 3. The number of nitrogens with zero attached hydrogens (tertiary/aromatic N) is 1. The summed E-state index contributed by atoms with van der Waals surface area (Å²) in [6.45, 7) is 3.93. The lowest BCUT2D eigenvalue weighted by atomic mass is 9.86. The first-order valence-electron chi connectivity index (χ1n) is 13.2. The molecule has 1 aliphatic heterocycles. The van der Waals surface area contributed by atoms with E-state index in [9.17, 15) is 9.90 Å². The summed E-state index contributed by atoms with van der Waals surface area (Å²) in [4.78, 5) is 15.5. The van der Waals surface area contributed by atoms with E-state index >= 15 is 0 Å². The van der Waals surface area contributed by atoms with Crippen LogP contribution in [0.3, 0.4) is 0 Å². The molecule has 0 aromatic heterocycles. The Kier molecular flexibility index (Phi) is 8.01. The first-order valence-corrected chi connectivity index (χ1v) is 13.5. The lowest BCUT2D eigenvalue weighted by molar-refractivity contribution is -0.118. The minimum Gasteiger partial charge on any atom is -0.497 e. The van der Waals surface area contributed by atoms with Crippen LogP contribution in [0, 0.1) is 0 Å². The Morgan fingerprint density at radius 2 is 1.48 bits per heavy atom. The van der Waals surface area contributed by atoms with E-state index in [1.807, 2.05) is 98.8 Å². The van der Waals surface area contributed by atoms with Gasteiger partial charge in [-0.2, -0.15) is 0 Å². The van der Waals surface area contributed by atoms with Crippen LogP contribution in [0.25, 0.3) is 0 Å². The van der Waals surface area contributed by atoms with E-state index in [1.165, 1.54) is 0 Å².